The second-order valence-electron chi connectivity index (χ2n) is 3.55. The molecule has 0 unspecified atom stereocenters. The maximum atomic E-state index is 4.05. The van der Waals surface area contributed by atoms with Gasteiger partial charge in [0, 0.05) is 13.2 Å². The Hall–Kier alpha value is -0.860. The first-order valence-corrected chi connectivity index (χ1v) is 5.18. The molecular weight excluding hydrogens is 162 g/mol. The zero-order chi connectivity index (χ0) is 9.52. The molecule has 1 heterocycles. The molecule has 0 atom stereocenters. The third-order valence-electron chi connectivity index (χ3n) is 2.19. The third kappa shape index (κ3) is 4.06. The maximum absolute atomic E-state index is 4.05. The van der Waals surface area contributed by atoms with Crippen molar-refractivity contribution in [3.05, 3.63) is 11.9 Å². The van der Waals surface area contributed by atoms with E-state index in [9.17, 15) is 0 Å². The normalized spacial score (nSPS) is 10.6. The molecule has 0 bridgehead atoms. The van der Waals surface area contributed by atoms with Crippen LogP contribution in [0.4, 0.5) is 0 Å². The average Bonchev–Trinajstić information content (AvgIpc) is 2.51. The van der Waals surface area contributed by atoms with Crippen molar-refractivity contribution in [3.63, 3.8) is 0 Å². The molecule has 1 aromatic heterocycles. The predicted molar refractivity (Wildman–Crippen MR) is 53.5 cm³/mol. The number of rotatable bonds is 6. The SMILES string of the molecule is CCCCCCCc1cn(C)nn1. The first kappa shape index (κ1) is 10.2. The van der Waals surface area contributed by atoms with Crippen LogP contribution in [-0.4, -0.2) is 15.0 Å². The zero-order valence-corrected chi connectivity index (χ0v) is 8.66. The van der Waals surface area contributed by atoms with Crippen LogP contribution in [0.15, 0.2) is 6.20 Å². The summed E-state index contributed by atoms with van der Waals surface area (Å²) in [5, 5.41) is 7.94. The van der Waals surface area contributed by atoms with E-state index in [1.54, 1.807) is 4.68 Å². The topological polar surface area (TPSA) is 30.7 Å². The van der Waals surface area contributed by atoms with E-state index in [0.717, 1.165) is 12.1 Å². The van der Waals surface area contributed by atoms with Gasteiger partial charge in [-0.15, -0.1) is 5.10 Å². The van der Waals surface area contributed by atoms with Crippen LogP contribution < -0.4 is 0 Å². The minimum Gasteiger partial charge on any atom is -0.255 e. The van der Waals surface area contributed by atoms with E-state index in [-0.39, 0.29) is 0 Å². The van der Waals surface area contributed by atoms with Gasteiger partial charge in [-0.2, -0.15) is 0 Å². The average molecular weight is 181 g/mol. The summed E-state index contributed by atoms with van der Waals surface area (Å²) in [6.45, 7) is 2.24. The van der Waals surface area contributed by atoms with E-state index in [1.165, 1.54) is 32.1 Å². The van der Waals surface area contributed by atoms with Gasteiger partial charge in [-0.1, -0.05) is 37.8 Å². The van der Waals surface area contributed by atoms with Crippen LogP contribution in [-0.2, 0) is 13.5 Å². The lowest BCUT2D eigenvalue weighted by Crippen LogP contribution is -1.86. The molecule has 0 aliphatic carbocycles. The van der Waals surface area contributed by atoms with Gasteiger partial charge < -0.3 is 0 Å². The molecule has 0 N–H and O–H groups in total. The minimum absolute atomic E-state index is 1.08. The first-order valence-electron chi connectivity index (χ1n) is 5.18. The van der Waals surface area contributed by atoms with E-state index < -0.39 is 0 Å². The molecular formula is C10H19N3. The van der Waals surface area contributed by atoms with Crippen molar-refractivity contribution in [3.8, 4) is 0 Å². The Morgan fingerprint density at radius 1 is 1.23 bits per heavy atom. The molecule has 1 rings (SSSR count). The van der Waals surface area contributed by atoms with E-state index in [4.69, 9.17) is 0 Å². The molecule has 13 heavy (non-hydrogen) atoms. The van der Waals surface area contributed by atoms with Crippen molar-refractivity contribution in [2.24, 2.45) is 7.05 Å². The molecule has 0 saturated carbocycles. The third-order valence-corrected chi connectivity index (χ3v) is 2.19. The van der Waals surface area contributed by atoms with Crippen LogP contribution in [0.25, 0.3) is 0 Å². The van der Waals surface area contributed by atoms with Gasteiger partial charge in [0.05, 0.1) is 5.69 Å². The summed E-state index contributed by atoms with van der Waals surface area (Å²) >= 11 is 0. The van der Waals surface area contributed by atoms with Crippen LogP contribution in [0.2, 0.25) is 0 Å². The lowest BCUT2D eigenvalue weighted by molar-refractivity contribution is 0.627. The van der Waals surface area contributed by atoms with Crippen LogP contribution in [0.3, 0.4) is 0 Å². The van der Waals surface area contributed by atoms with Crippen molar-refractivity contribution in [1.82, 2.24) is 15.0 Å². The van der Waals surface area contributed by atoms with Crippen molar-refractivity contribution in [2.75, 3.05) is 0 Å². The van der Waals surface area contributed by atoms with E-state index in [2.05, 4.69) is 17.2 Å². The highest BCUT2D eigenvalue weighted by atomic mass is 15.4. The first-order chi connectivity index (χ1) is 6.33. The Balaban J connectivity index is 2.06. The summed E-state index contributed by atoms with van der Waals surface area (Å²) in [6.07, 6.45) is 9.68. The minimum atomic E-state index is 1.08. The second-order valence-corrected chi connectivity index (χ2v) is 3.55. The van der Waals surface area contributed by atoms with Crippen LogP contribution in [0.5, 0.6) is 0 Å². The van der Waals surface area contributed by atoms with Gasteiger partial charge in [0.25, 0.3) is 0 Å². The summed E-state index contributed by atoms with van der Waals surface area (Å²) in [7, 11) is 1.91. The molecule has 0 fully saturated rings. The fourth-order valence-electron chi connectivity index (χ4n) is 1.42. The van der Waals surface area contributed by atoms with Crippen molar-refractivity contribution in [1.29, 1.82) is 0 Å². The molecule has 0 aromatic carbocycles. The molecule has 0 amide bonds. The fraction of sp³-hybridized carbons (Fsp3) is 0.800. The summed E-state index contributed by atoms with van der Waals surface area (Å²) in [6, 6.07) is 0. The fourth-order valence-corrected chi connectivity index (χ4v) is 1.42. The molecule has 0 aliphatic heterocycles. The Kier molecular flexibility index (Phi) is 4.50. The molecule has 3 heteroatoms. The summed E-state index contributed by atoms with van der Waals surface area (Å²) in [4.78, 5) is 0. The molecule has 74 valence electrons. The standard InChI is InChI=1S/C10H19N3/c1-3-4-5-6-7-8-10-9-13(2)12-11-10/h9H,3-8H2,1-2H3. The van der Waals surface area contributed by atoms with Crippen LogP contribution in [0.1, 0.15) is 44.7 Å². The van der Waals surface area contributed by atoms with Gasteiger partial charge in [-0.05, 0) is 12.8 Å². The van der Waals surface area contributed by atoms with Crippen LogP contribution in [0, 0.1) is 0 Å². The number of aromatic nitrogens is 3. The maximum Gasteiger partial charge on any atom is 0.0827 e. The van der Waals surface area contributed by atoms with E-state index in [0.29, 0.717) is 0 Å². The van der Waals surface area contributed by atoms with Crippen molar-refractivity contribution >= 4 is 0 Å². The largest absolute Gasteiger partial charge is 0.255 e. The highest BCUT2D eigenvalue weighted by molar-refractivity contribution is 4.91. The Bertz CT molecular complexity index is 230. The van der Waals surface area contributed by atoms with Crippen LogP contribution >= 0.6 is 0 Å². The van der Waals surface area contributed by atoms with Gasteiger partial charge in [0.15, 0.2) is 0 Å². The summed E-state index contributed by atoms with van der Waals surface area (Å²) in [5.41, 5.74) is 1.12. The number of nitrogens with zero attached hydrogens (tertiary/aromatic N) is 3. The van der Waals surface area contributed by atoms with Gasteiger partial charge in [0.1, 0.15) is 0 Å². The highest BCUT2D eigenvalue weighted by Crippen LogP contribution is 2.06. The Morgan fingerprint density at radius 2 is 2.00 bits per heavy atom. The molecule has 0 radical (unpaired) electrons. The molecule has 0 spiro atoms. The number of unbranched alkanes of at least 4 members (excludes halogenated alkanes) is 4. The number of hydrogen-bond donors (Lipinski definition) is 0. The van der Waals surface area contributed by atoms with Crippen molar-refractivity contribution < 1.29 is 0 Å². The lowest BCUT2D eigenvalue weighted by Gasteiger charge is -1.96. The molecule has 0 aliphatic rings. The lowest BCUT2D eigenvalue weighted by atomic mass is 10.1. The Morgan fingerprint density at radius 3 is 2.62 bits per heavy atom. The van der Waals surface area contributed by atoms with Gasteiger partial charge in [-0.3, -0.25) is 4.68 Å². The smallest absolute Gasteiger partial charge is 0.0827 e. The predicted octanol–water partition coefficient (Wildman–Crippen LogP) is 2.33. The van der Waals surface area contributed by atoms with Gasteiger partial charge in [-0.25, -0.2) is 0 Å². The highest BCUT2D eigenvalue weighted by Gasteiger charge is 1.97. The van der Waals surface area contributed by atoms with Gasteiger partial charge >= 0.3 is 0 Å². The zero-order valence-electron chi connectivity index (χ0n) is 8.66. The van der Waals surface area contributed by atoms with E-state index >= 15 is 0 Å². The Labute approximate surface area is 80.1 Å². The quantitative estimate of drug-likeness (QED) is 0.631. The van der Waals surface area contributed by atoms with Crippen molar-refractivity contribution in [2.45, 2.75) is 45.4 Å². The van der Waals surface area contributed by atoms with E-state index in [1.807, 2.05) is 13.2 Å². The van der Waals surface area contributed by atoms with Gasteiger partial charge in [0.2, 0.25) is 0 Å². The summed E-state index contributed by atoms with van der Waals surface area (Å²) < 4.78 is 1.77. The number of hydrogen-bond acceptors (Lipinski definition) is 2. The second kappa shape index (κ2) is 5.73. The molecule has 0 saturated heterocycles. The molecule has 1 aromatic rings. The summed E-state index contributed by atoms with van der Waals surface area (Å²) in [5.74, 6) is 0. The monoisotopic (exact) mass is 181 g/mol. The number of aryl methyl sites for hydroxylation is 2. The molecule has 3 nitrogen and oxygen atoms in total.